The summed E-state index contributed by atoms with van der Waals surface area (Å²) in [5, 5.41) is 10.3. The first-order chi connectivity index (χ1) is 26.6. The quantitative estimate of drug-likeness (QED) is 0.114. The second kappa shape index (κ2) is 16.0. The highest BCUT2D eigenvalue weighted by Crippen LogP contribution is 2.42. The first-order valence-corrected chi connectivity index (χ1v) is 20.0. The molecule has 0 atom stereocenters. The van der Waals surface area contributed by atoms with E-state index in [2.05, 4.69) is 231 Å². The Balaban J connectivity index is 0.000000183. The van der Waals surface area contributed by atoms with Gasteiger partial charge in [0, 0.05) is 46.6 Å². The van der Waals surface area contributed by atoms with Gasteiger partial charge in [0.2, 0.25) is 0 Å². The minimum absolute atomic E-state index is 0.446. The van der Waals surface area contributed by atoms with Crippen molar-refractivity contribution in [1.29, 1.82) is 0 Å². The van der Waals surface area contributed by atoms with E-state index in [0.717, 1.165) is 43.3 Å². The van der Waals surface area contributed by atoms with Crippen LogP contribution in [0, 0.1) is 0 Å². The van der Waals surface area contributed by atoms with Crippen molar-refractivity contribution in [3.8, 4) is 11.1 Å². The molecule has 0 N–H and O–H groups in total. The number of aromatic nitrogens is 4. The monoisotopic (exact) mass is 780 g/mol. The van der Waals surface area contributed by atoms with Crippen molar-refractivity contribution in [3.05, 3.63) is 234 Å². The molecule has 6 aromatic carbocycles. The number of nitrogens with zero attached hydrogens (tertiary/aromatic N) is 4. The summed E-state index contributed by atoms with van der Waals surface area (Å²) >= 11 is 3.58. The Morgan fingerprint density at radius 1 is 0.519 bits per heavy atom. The summed E-state index contributed by atoms with van der Waals surface area (Å²) in [6, 6.07) is 66.2. The van der Waals surface area contributed by atoms with E-state index < -0.39 is 13.5 Å². The van der Waals surface area contributed by atoms with Crippen molar-refractivity contribution in [1.82, 2.24) is 19.3 Å². The molecule has 0 saturated carbocycles. The molecule has 9 rings (SSSR count). The van der Waals surface area contributed by atoms with Gasteiger partial charge in [0.25, 0.3) is 0 Å². The van der Waals surface area contributed by atoms with Gasteiger partial charge >= 0.3 is 0 Å². The zero-order valence-electron chi connectivity index (χ0n) is 29.8. The van der Waals surface area contributed by atoms with Crippen LogP contribution in [0.5, 0.6) is 0 Å². The fourth-order valence-electron chi connectivity index (χ4n) is 7.22. The molecule has 0 unspecified atom stereocenters. The molecule has 9 aromatic rings. The van der Waals surface area contributed by atoms with Crippen LogP contribution in [-0.4, -0.2) is 19.3 Å². The van der Waals surface area contributed by atoms with Crippen LogP contribution in [0.15, 0.2) is 217 Å². The number of rotatable bonds is 8. The standard InChI is InChI=1S/C30H23BrN4.C18H15P/c1-34-21-28(27-17-26(31)19-32-29(27)34)22-18-33-35(20-22)30(23-11-5-2-6-12-23,24-13-7-3-8-14-24)25-15-9-4-10-16-25;1-4-10-16(11-5-1)19(17-12-6-2-7-13-17)18-14-8-3-9-15-18/h2-21H,1H3;1-15H. The van der Waals surface area contributed by atoms with E-state index in [0.29, 0.717) is 0 Å². The van der Waals surface area contributed by atoms with Gasteiger partial charge in [-0.2, -0.15) is 5.10 Å². The molecule has 54 heavy (non-hydrogen) atoms. The maximum atomic E-state index is 5.01. The summed E-state index contributed by atoms with van der Waals surface area (Å²) in [7, 11) is 1.58. The Labute approximate surface area is 326 Å². The second-order valence-corrected chi connectivity index (χ2v) is 16.1. The Kier molecular flexibility index (Phi) is 10.4. The van der Waals surface area contributed by atoms with Crippen LogP contribution < -0.4 is 15.9 Å². The largest absolute Gasteiger partial charge is 0.335 e. The fourth-order valence-corrected chi connectivity index (χ4v) is 9.86. The molecular weight excluding hydrogens is 743 g/mol. The SMILES string of the molecule is Cn1cc(-c2cnn(C(c3ccccc3)(c3ccccc3)c3ccccc3)c2)c2cc(Br)cnc21.c1ccc(P(c2ccccc2)c2ccccc2)cc1. The minimum Gasteiger partial charge on any atom is -0.335 e. The summed E-state index contributed by atoms with van der Waals surface area (Å²) in [5.74, 6) is 0. The Hall–Kier alpha value is -5.87. The number of fused-ring (bicyclic) bond motifs is 1. The van der Waals surface area contributed by atoms with Crippen LogP contribution in [0.1, 0.15) is 16.7 Å². The smallest absolute Gasteiger partial charge is 0.140 e. The number of pyridine rings is 1. The molecule has 0 aliphatic rings. The summed E-state index contributed by atoms with van der Waals surface area (Å²) in [6.07, 6.45) is 8.07. The Morgan fingerprint density at radius 2 is 0.926 bits per heavy atom. The maximum absolute atomic E-state index is 5.01. The summed E-state index contributed by atoms with van der Waals surface area (Å²) in [4.78, 5) is 4.61. The molecule has 0 bridgehead atoms. The third-order valence-corrected chi connectivity index (χ3v) is 12.5. The molecule has 0 saturated heterocycles. The van der Waals surface area contributed by atoms with Gasteiger partial charge < -0.3 is 4.57 Å². The van der Waals surface area contributed by atoms with E-state index in [1.807, 2.05) is 19.4 Å². The van der Waals surface area contributed by atoms with E-state index in [9.17, 15) is 0 Å². The van der Waals surface area contributed by atoms with Crippen LogP contribution in [-0.2, 0) is 12.6 Å². The molecule has 0 aliphatic carbocycles. The van der Waals surface area contributed by atoms with Crippen molar-refractivity contribution in [3.63, 3.8) is 0 Å². The number of hydrogen-bond acceptors (Lipinski definition) is 2. The van der Waals surface area contributed by atoms with Gasteiger partial charge in [-0.15, -0.1) is 0 Å². The van der Waals surface area contributed by atoms with Gasteiger partial charge in [-0.25, -0.2) is 4.98 Å². The van der Waals surface area contributed by atoms with E-state index in [1.165, 1.54) is 15.9 Å². The molecule has 0 amide bonds. The lowest BCUT2D eigenvalue weighted by atomic mass is 9.77. The van der Waals surface area contributed by atoms with Gasteiger partial charge in [-0.1, -0.05) is 182 Å². The molecule has 0 aliphatic heterocycles. The first kappa shape index (κ1) is 35.2. The third-order valence-electron chi connectivity index (χ3n) is 9.64. The number of hydrogen-bond donors (Lipinski definition) is 0. The first-order valence-electron chi connectivity index (χ1n) is 17.9. The number of halogens is 1. The summed E-state index contributed by atoms with van der Waals surface area (Å²) in [5.41, 5.74) is 5.90. The van der Waals surface area contributed by atoms with Gasteiger partial charge in [-0.3, -0.25) is 4.68 Å². The van der Waals surface area contributed by atoms with Crippen LogP contribution >= 0.6 is 23.9 Å². The van der Waals surface area contributed by atoms with Crippen LogP contribution in [0.3, 0.4) is 0 Å². The average molecular weight is 782 g/mol. The van der Waals surface area contributed by atoms with Crippen molar-refractivity contribution >= 4 is 50.8 Å². The molecule has 3 heterocycles. The van der Waals surface area contributed by atoms with Gasteiger partial charge in [0.1, 0.15) is 11.2 Å². The molecule has 262 valence electrons. The third kappa shape index (κ3) is 6.97. The van der Waals surface area contributed by atoms with E-state index in [1.54, 1.807) is 0 Å². The molecule has 3 aromatic heterocycles. The predicted molar refractivity (Wildman–Crippen MR) is 229 cm³/mol. The molecular formula is C48H38BrN4P. The lowest BCUT2D eigenvalue weighted by molar-refractivity contribution is 0.460. The normalized spacial score (nSPS) is 11.3. The molecule has 0 radical (unpaired) electrons. The minimum atomic E-state index is -0.633. The van der Waals surface area contributed by atoms with Gasteiger partial charge in [0.05, 0.1) is 6.20 Å². The van der Waals surface area contributed by atoms with Crippen LogP contribution in [0.2, 0.25) is 0 Å². The van der Waals surface area contributed by atoms with E-state index in [-0.39, 0.29) is 0 Å². The lowest BCUT2D eigenvalue weighted by Crippen LogP contribution is -2.38. The van der Waals surface area contributed by atoms with Crippen LogP contribution in [0.25, 0.3) is 22.2 Å². The average Bonchev–Trinajstić information content (AvgIpc) is 3.85. The summed E-state index contributed by atoms with van der Waals surface area (Å²) < 4.78 is 5.12. The van der Waals surface area contributed by atoms with E-state index >= 15 is 0 Å². The number of aryl methyl sites for hydroxylation is 1. The topological polar surface area (TPSA) is 35.6 Å². The Morgan fingerprint density at radius 3 is 1.35 bits per heavy atom. The molecule has 0 fully saturated rings. The van der Waals surface area contributed by atoms with Crippen molar-refractivity contribution in [2.24, 2.45) is 7.05 Å². The maximum Gasteiger partial charge on any atom is 0.140 e. The highest BCUT2D eigenvalue weighted by atomic mass is 79.9. The highest BCUT2D eigenvalue weighted by molar-refractivity contribution is 9.10. The van der Waals surface area contributed by atoms with Crippen molar-refractivity contribution < 1.29 is 0 Å². The Bertz CT molecular complexity index is 2370. The van der Waals surface area contributed by atoms with Gasteiger partial charge in [0.15, 0.2) is 0 Å². The zero-order valence-corrected chi connectivity index (χ0v) is 32.3. The number of benzene rings is 6. The van der Waals surface area contributed by atoms with Crippen LogP contribution in [0.4, 0.5) is 0 Å². The summed E-state index contributed by atoms with van der Waals surface area (Å²) in [6.45, 7) is 0. The molecule has 6 heteroatoms. The lowest BCUT2D eigenvalue weighted by Gasteiger charge is -2.36. The zero-order chi connectivity index (χ0) is 36.7. The predicted octanol–water partition coefficient (Wildman–Crippen LogP) is 10.5. The molecule has 0 spiro atoms. The van der Waals surface area contributed by atoms with Gasteiger partial charge in [-0.05, 0) is 62.5 Å². The van der Waals surface area contributed by atoms with Crippen molar-refractivity contribution in [2.45, 2.75) is 5.54 Å². The second-order valence-electron chi connectivity index (χ2n) is 13.0. The van der Waals surface area contributed by atoms with Crippen molar-refractivity contribution in [2.75, 3.05) is 0 Å². The highest BCUT2D eigenvalue weighted by Gasteiger charge is 2.39. The molecule has 4 nitrogen and oxygen atoms in total. The fraction of sp³-hybridized carbons (Fsp3) is 0.0417. The van der Waals surface area contributed by atoms with E-state index in [4.69, 9.17) is 5.10 Å².